The lowest BCUT2D eigenvalue weighted by Gasteiger charge is -2.22. The van der Waals surface area contributed by atoms with Gasteiger partial charge in [-0.05, 0) is 55.0 Å². The second-order valence-electron chi connectivity index (χ2n) is 13.7. The van der Waals surface area contributed by atoms with Crippen molar-refractivity contribution in [2.75, 3.05) is 0 Å². The molecule has 3 aromatic carbocycles. The molecular weight excluding hydrogens is 915 g/mol. The van der Waals surface area contributed by atoms with E-state index >= 15 is 26.3 Å². The average molecular weight is 929 g/mol. The van der Waals surface area contributed by atoms with Gasteiger partial charge in [-0.3, -0.25) is 0 Å². The van der Waals surface area contributed by atoms with Gasteiger partial charge in [0.2, 0.25) is 5.95 Å². The number of hydrogen-bond donors (Lipinski definition) is 0. The maximum atomic E-state index is 15.9. The quantitative estimate of drug-likeness (QED) is 0.0765. The zero-order chi connectivity index (χ0) is 47.9. The third-order valence-corrected chi connectivity index (χ3v) is 9.47. The summed E-state index contributed by atoms with van der Waals surface area (Å²) in [7, 11) is 0. The van der Waals surface area contributed by atoms with Crippen molar-refractivity contribution in [2.24, 2.45) is 9.98 Å². The molecule has 0 bridgehead atoms. The topological polar surface area (TPSA) is 124 Å². The second kappa shape index (κ2) is 15.3. The fraction of sp³-hybridized carbons (Fsp3) is 0.150. The van der Waals surface area contributed by atoms with Gasteiger partial charge in [0, 0.05) is 45.7 Å². The lowest BCUT2D eigenvalue weighted by Crippen LogP contribution is -2.17. The first-order valence-corrected chi connectivity index (χ1v) is 17.4. The van der Waals surface area contributed by atoms with Gasteiger partial charge in [-0.15, -0.1) is 0 Å². The number of halogens is 17. The first-order valence-electron chi connectivity index (χ1n) is 17.4. The van der Waals surface area contributed by atoms with Gasteiger partial charge in [0.05, 0.1) is 73.1 Å². The molecule has 2 aliphatic heterocycles. The summed E-state index contributed by atoms with van der Waals surface area (Å²) in [6.07, 6.45) is -29.5. The summed E-state index contributed by atoms with van der Waals surface area (Å²) in [6.45, 7) is 1.04. The van der Waals surface area contributed by atoms with E-state index in [0.29, 0.717) is 24.7 Å². The van der Waals surface area contributed by atoms with Crippen molar-refractivity contribution in [3.63, 3.8) is 0 Å². The molecule has 4 heterocycles. The van der Waals surface area contributed by atoms with Crippen LogP contribution in [0.15, 0.2) is 71.0 Å². The van der Waals surface area contributed by atoms with Crippen molar-refractivity contribution in [3.05, 3.63) is 140 Å². The Bertz CT molecular complexity index is 3050. The molecule has 0 aliphatic carbocycles. The fourth-order valence-corrected chi connectivity index (χ4v) is 7.06. The Balaban J connectivity index is 1.78. The Morgan fingerprint density at radius 1 is 0.523 bits per heavy atom. The van der Waals surface area contributed by atoms with E-state index in [1.807, 2.05) is 0 Å². The van der Waals surface area contributed by atoms with Crippen molar-refractivity contribution in [1.82, 2.24) is 19.9 Å². The van der Waals surface area contributed by atoms with E-state index < -0.39 is 156 Å². The van der Waals surface area contributed by atoms with E-state index in [1.165, 1.54) is 12.1 Å². The summed E-state index contributed by atoms with van der Waals surface area (Å²) in [5.74, 6) is -1.55. The average Bonchev–Trinajstić information content (AvgIpc) is 3.74. The summed E-state index contributed by atoms with van der Waals surface area (Å²) in [6, 6.07) is 4.37. The van der Waals surface area contributed by atoms with Crippen LogP contribution in [0.5, 0.6) is 0 Å². The number of rotatable bonds is 4. The van der Waals surface area contributed by atoms with Crippen molar-refractivity contribution < 1.29 is 74.6 Å². The largest absolute Gasteiger partial charge is 0.419 e. The zero-order valence-corrected chi connectivity index (χ0v) is 31.3. The van der Waals surface area contributed by atoms with Gasteiger partial charge in [-0.25, -0.2) is 29.9 Å². The highest BCUT2D eigenvalue weighted by atomic mass is 19.4. The van der Waals surface area contributed by atoms with Crippen molar-refractivity contribution in [2.45, 2.75) is 37.8 Å². The molecule has 0 radical (unpaired) electrons. The molecule has 0 N–H and O–H groups in total. The fourth-order valence-electron chi connectivity index (χ4n) is 7.06. The predicted molar refractivity (Wildman–Crippen MR) is 190 cm³/mol. The standard InChI is InChI=1S/C40H13F17N8/c1-14-4-15(6-17(5-14)36(43,44)45)31-25(20(11-58)22-2-3-60-35(42)63-22)27-29(39(52,53)54)34-28(30(33(27)64-31)40(55,56)57)26(21(12-59)23-10-24(41)62-13-61-23)32(65-34)16-7-18(37(46,47)48)9-19(8-16)38(49,50)51/h2-10,13H,1H3/b25-20-,26-21-. The van der Waals surface area contributed by atoms with Crippen LogP contribution in [0.4, 0.5) is 86.0 Å². The first-order chi connectivity index (χ1) is 30.0. The SMILES string of the molecule is Cc1cc(C2=Nc3c(c(C(F)(F)F)c4c(c3C(F)(F)F)/C(=C(\C#N)c3cc(F)ncn3)C(c3cc(C(F)(F)F)cc(C(F)(F)F)c3)=N4)/C2=C(\C#N)c2ccnc(F)n2)cc(C(F)(F)F)c1. The Kier molecular flexibility index (Phi) is 10.7. The maximum Gasteiger partial charge on any atom is 0.419 e. The van der Waals surface area contributed by atoms with Crippen LogP contribution in [-0.2, 0) is 30.9 Å². The number of hydrogen-bond acceptors (Lipinski definition) is 8. The number of nitrogens with zero attached hydrogens (tertiary/aromatic N) is 8. The number of nitriles is 2. The second-order valence-corrected chi connectivity index (χ2v) is 13.7. The van der Waals surface area contributed by atoms with Crippen LogP contribution >= 0.6 is 0 Å². The van der Waals surface area contributed by atoms with E-state index in [2.05, 4.69) is 29.9 Å². The molecule has 5 aromatic rings. The van der Waals surface area contributed by atoms with Crippen molar-refractivity contribution in [3.8, 4) is 12.1 Å². The molecule has 2 aromatic heterocycles. The van der Waals surface area contributed by atoms with E-state index in [1.54, 1.807) is 0 Å². The van der Waals surface area contributed by atoms with Gasteiger partial charge >= 0.3 is 37.0 Å². The number of aliphatic imine (C=N–C) groups is 2. The van der Waals surface area contributed by atoms with Crippen molar-refractivity contribution >= 4 is 45.1 Å². The molecule has 0 fully saturated rings. The van der Waals surface area contributed by atoms with Crippen LogP contribution in [-0.4, -0.2) is 31.4 Å². The number of aryl methyl sites for hydroxylation is 1. The molecule has 0 saturated heterocycles. The number of fused-ring (bicyclic) bond motifs is 2. The highest BCUT2D eigenvalue weighted by molar-refractivity contribution is 6.45. The molecule has 0 saturated carbocycles. The van der Waals surface area contributed by atoms with Crippen LogP contribution in [0.2, 0.25) is 0 Å². The number of aromatic nitrogens is 4. The van der Waals surface area contributed by atoms with Gasteiger partial charge in [0.25, 0.3) is 0 Å². The monoisotopic (exact) mass is 928 g/mol. The third kappa shape index (κ3) is 8.24. The summed E-state index contributed by atoms with van der Waals surface area (Å²) < 4.78 is 252. The minimum absolute atomic E-state index is 0.140. The van der Waals surface area contributed by atoms with Gasteiger partial charge in [-0.2, -0.15) is 85.2 Å². The van der Waals surface area contributed by atoms with E-state index in [9.17, 15) is 58.8 Å². The molecule has 7 rings (SSSR count). The third-order valence-electron chi connectivity index (χ3n) is 9.47. The Hall–Kier alpha value is -7.57. The number of allylic oxidation sites excluding steroid dienone is 4. The predicted octanol–water partition coefficient (Wildman–Crippen LogP) is 12.1. The minimum Gasteiger partial charge on any atom is -0.246 e. The van der Waals surface area contributed by atoms with Gasteiger partial charge in [0.15, 0.2) is 0 Å². The smallest absolute Gasteiger partial charge is 0.246 e. The van der Waals surface area contributed by atoms with Crippen molar-refractivity contribution in [1.29, 1.82) is 10.5 Å². The Morgan fingerprint density at radius 2 is 0.969 bits per heavy atom. The lowest BCUT2D eigenvalue weighted by atomic mass is 9.82. The summed E-state index contributed by atoms with van der Waals surface area (Å²) in [5.41, 5.74) is -31.4. The Labute approximate surface area is 350 Å². The van der Waals surface area contributed by atoms with Gasteiger partial charge < -0.3 is 0 Å². The summed E-state index contributed by atoms with van der Waals surface area (Å²) >= 11 is 0. The molecule has 332 valence electrons. The zero-order valence-electron chi connectivity index (χ0n) is 31.3. The normalized spacial score (nSPS) is 15.8. The highest BCUT2D eigenvalue weighted by Gasteiger charge is 2.53. The molecule has 25 heteroatoms. The van der Waals surface area contributed by atoms with Crippen LogP contribution < -0.4 is 0 Å². The molecule has 0 spiro atoms. The molecule has 0 atom stereocenters. The molecule has 2 aliphatic rings. The number of benzene rings is 3. The van der Waals surface area contributed by atoms with Crippen LogP contribution in [0.25, 0.3) is 22.3 Å². The molecule has 65 heavy (non-hydrogen) atoms. The number of alkyl halides is 15. The molecule has 0 amide bonds. The summed E-state index contributed by atoms with van der Waals surface area (Å²) in [5, 5.41) is 20.8. The maximum absolute atomic E-state index is 15.9. The van der Waals surface area contributed by atoms with E-state index in [0.717, 1.165) is 13.0 Å². The lowest BCUT2D eigenvalue weighted by molar-refractivity contribution is -0.143. The van der Waals surface area contributed by atoms with Gasteiger partial charge in [-0.1, -0.05) is 0 Å². The minimum atomic E-state index is -6.08. The summed E-state index contributed by atoms with van der Waals surface area (Å²) in [4.78, 5) is 20.4. The molecule has 8 nitrogen and oxygen atoms in total. The van der Waals surface area contributed by atoms with Gasteiger partial charge in [0.1, 0.15) is 18.5 Å². The first kappa shape index (κ1) is 45.5. The molecule has 0 unspecified atom stereocenters. The highest BCUT2D eigenvalue weighted by Crippen LogP contribution is 2.61. The molecular formula is C40H13F17N8. The van der Waals surface area contributed by atoms with E-state index in [-0.39, 0.29) is 29.8 Å². The van der Waals surface area contributed by atoms with Crippen LogP contribution in [0.1, 0.15) is 67.0 Å². The van der Waals surface area contributed by atoms with E-state index in [4.69, 9.17) is 0 Å². The Morgan fingerprint density at radius 3 is 1.38 bits per heavy atom. The van der Waals surface area contributed by atoms with Crippen LogP contribution in [0, 0.1) is 41.6 Å². The van der Waals surface area contributed by atoms with Crippen LogP contribution in [0.3, 0.4) is 0 Å².